The van der Waals surface area contributed by atoms with Crippen LogP contribution in [0.1, 0.15) is 5.56 Å². The van der Waals surface area contributed by atoms with Crippen LogP contribution in [0, 0.1) is 0 Å². The highest BCUT2D eigenvalue weighted by atomic mass is 16.7. The number of phenols is 2. The van der Waals surface area contributed by atoms with Crippen molar-refractivity contribution in [1.29, 1.82) is 0 Å². The molecule has 0 unspecified atom stereocenters. The fourth-order valence-corrected chi connectivity index (χ4v) is 2.13. The van der Waals surface area contributed by atoms with E-state index >= 15 is 0 Å². The molecule has 0 aromatic heterocycles. The third kappa shape index (κ3) is 4.02. The molecule has 1 aliphatic rings. The van der Waals surface area contributed by atoms with E-state index in [0.717, 1.165) is 6.08 Å². The minimum atomic E-state index is -1.68. The van der Waals surface area contributed by atoms with Crippen LogP contribution < -0.4 is 0 Å². The lowest BCUT2D eigenvalue weighted by Crippen LogP contribution is -2.59. The van der Waals surface area contributed by atoms with Gasteiger partial charge in [0.2, 0.25) is 6.29 Å². The van der Waals surface area contributed by atoms with Crippen molar-refractivity contribution in [3.63, 3.8) is 0 Å². The number of phenolic OH excluding ortho intramolecular Hbond substituents is 2. The van der Waals surface area contributed by atoms with Crippen LogP contribution in [-0.2, 0) is 14.3 Å². The van der Waals surface area contributed by atoms with E-state index < -0.39 is 43.3 Å². The van der Waals surface area contributed by atoms with Crippen LogP contribution in [0.3, 0.4) is 0 Å². The zero-order valence-corrected chi connectivity index (χ0v) is 12.4. The van der Waals surface area contributed by atoms with Gasteiger partial charge in [0.25, 0.3) is 0 Å². The van der Waals surface area contributed by atoms with Crippen molar-refractivity contribution in [3.05, 3.63) is 29.8 Å². The highest BCUT2D eigenvalue weighted by Crippen LogP contribution is 2.25. The summed E-state index contributed by atoms with van der Waals surface area (Å²) in [6.07, 6.45) is -5.36. The van der Waals surface area contributed by atoms with E-state index in [9.17, 15) is 30.3 Å². The molecular weight excluding hydrogens is 324 g/mol. The predicted octanol–water partition coefficient (Wildman–Crippen LogP) is -1.55. The molecule has 24 heavy (non-hydrogen) atoms. The fraction of sp³-hybridized carbons (Fsp3) is 0.400. The van der Waals surface area contributed by atoms with Crippen LogP contribution in [-0.4, -0.2) is 73.9 Å². The van der Waals surface area contributed by atoms with E-state index in [4.69, 9.17) is 14.6 Å². The number of esters is 1. The number of hydrogen-bond donors (Lipinski definition) is 6. The van der Waals surface area contributed by atoms with Gasteiger partial charge in [0.15, 0.2) is 11.5 Å². The lowest BCUT2D eigenvalue weighted by Gasteiger charge is -2.38. The molecule has 9 heteroatoms. The van der Waals surface area contributed by atoms with E-state index in [1.54, 1.807) is 0 Å². The summed E-state index contributed by atoms with van der Waals surface area (Å²) in [6, 6.07) is 3.89. The quantitative estimate of drug-likeness (QED) is 0.217. The summed E-state index contributed by atoms with van der Waals surface area (Å²) in [7, 11) is 0. The molecule has 0 amide bonds. The zero-order chi connectivity index (χ0) is 17.9. The normalized spacial score (nSPS) is 30.4. The highest BCUT2D eigenvalue weighted by molar-refractivity contribution is 5.87. The minimum absolute atomic E-state index is 0.309. The maximum absolute atomic E-state index is 11.7. The summed E-state index contributed by atoms with van der Waals surface area (Å²) in [5.41, 5.74) is 0.399. The summed E-state index contributed by atoms with van der Waals surface area (Å²) < 4.78 is 9.87. The molecule has 1 heterocycles. The molecule has 1 aromatic rings. The number of aromatic hydroxyl groups is 2. The van der Waals surface area contributed by atoms with Crippen molar-refractivity contribution in [2.75, 3.05) is 6.61 Å². The van der Waals surface area contributed by atoms with Crippen molar-refractivity contribution >= 4 is 12.0 Å². The second-order valence-electron chi connectivity index (χ2n) is 5.22. The van der Waals surface area contributed by atoms with Crippen molar-refractivity contribution in [2.45, 2.75) is 30.7 Å². The van der Waals surface area contributed by atoms with E-state index in [1.165, 1.54) is 24.3 Å². The number of aliphatic hydroxyl groups excluding tert-OH is 4. The van der Waals surface area contributed by atoms with E-state index in [-0.39, 0.29) is 11.5 Å². The Morgan fingerprint density at radius 1 is 1.12 bits per heavy atom. The average molecular weight is 342 g/mol. The van der Waals surface area contributed by atoms with Crippen LogP contribution in [0.4, 0.5) is 0 Å². The van der Waals surface area contributed by atoms with Crippen molar-refractivity contribution in [3.8, 4) is 11.5 Å². The van der Waals surface area contributed by atoms with Crippen LogP contribution >= 0.6 is 0 Å². The van der Waals surface area contributed by atoms with Gasteiger partial charge >= 0.3 is 5.97 Å². The second kappa shape index (κ2) is 7.60. The molecule has 6 N–H and O–H groups in total. The van der Waals surface area contributed by atoms with Crippen molar-refractivity contribution < 1.29 is 44.9 Å². The molecule has 2 rings (SSSR count). The second-order valence-corrected chi connectivity index (χ2v) is 5.22. The average Bonchev–Trinajstić information content (AvgIpc) is 2.56. The Hall–Kier alpha value is -2.17. The van der Waals surface area contributed by atoms with Gasteiger partial charge in [-0.15, -0.1) is 0 Å². The molecule has 9 nitrogen and oxygen atoms in total. The number of hydrogen-bond acceptors (Lipinski definition) is 9. The minimum Gasteiger partial charge on any atom is -0.504 e. The van der Waals surface area contributed by atoms with Gasteiger partial charge in [-0.25, -0.2) is 4.79 Å². The van der Waals surface area contributed by atoms with Crippen molar-refractivity contribution in [2.24, 2.45) is 0 Å². The molecule has 0 saturated carbocycles. The SMILES string of the molecule is O=C(/C=C/c1ccc(O)c(O)c1)O[C@@H]1O[C@H](CO)[C@@H](O)[C@H](O)[C@H]1O. The van der Waals surface area contributed by atoms with Crippen molar-refractivity contribution in [1.82, 2.24) is 0 Å². The van der Waals surface area contributed by atoms with Gasteiger partial charge in [-0.05, 0) is 23.8 Å². The number of benzene rings is 1. The van der Waals surface area contributed by atoms with E-state index in [0.29, 0.717) is 5.56 Å². The Morgan fingerprint density at radius 2 is 1.83 bits per heavy atom. The molecule has 1 saturated heterocycles. The van der Waals surface area contributed by atoms with Gasteiger partial charge in [0, 0.05) is 6.08 Å². The molecule has 0 aliphatic carbocycles. The number of aliphatic hydroxyl groups is 4. The zero-order valence-electron chi connectivity index (χ0n) is 12.4. The Labute approximate surface area is 136 Å². The lowest BCUT2D eigenvalue weighted by atomic mass is 9.99. The molecule has 1 aromatic carbocycles. The largest absolute Gasteiger partial charge is 0.504 e. The Morgan fingerprint density at radius 3 is 2.46 bits per heavy atom. The Kier molecular flexibility index (Phi) is 5.75. The number of carbonyl (C=O) groups excluding carboxylic acids is 1. The van der Waals surface area contributed by atoms with Gasteiger partial charge in [-0.3, -0.25) is 0 Å². The first-order chi connectivity index (χ1) is 11.3. The molecule has 0 spiro atoms. The molecular formula is C15H18O9. The maximum atomic E-state index is 11.7. The summed E-state index contributed by atoms with van der Waals surface area (Å²) in [5.74, 6) is -1.60. The topological polar surface area (TPSA) is 157 Å². The van der Waals surface area contributed by atoms with Gasteiger partial charge in [0.05, 0.1) is 6.61 Å². The fourth-order valence-electron chi connectivity index (χ4n) is 2.13. The van der Waals surface area contributed by atoms with Gasteiger partial charge in [-0.1, -0.05) is 6.07 Å². The standard InChI is InChI=1S/C15H18O9/c16-6-10-12(20)13(21)14(22)15(23-10)24-11(19)4-2-7-1-3-8(17)9(18)5-7/h1-5,10,12-18,20-22H,6H2/b4-2+/t10-,12-,13+,14-,15+/m1/s1. The van der Waals surface area contributed by atoms with Crippen LogP contribution in [0.15, 0.2) is 24.3 Å². The molecule has 0 bridgehead atoms. The molecule has 0 radical (unpaired) electrons. The molecule has 132 valence electrons. The number of ether oxygens (including phenoxy) is 2. The van der Waals surface area contributed by atoms with Gasteiger partial charge in [0.1, 0.15) is 24.4 Å². The first-order valence-electron chi connectivity index (χ1n) is 7.04. The van der Waals surface area contributed by atoms with Crippen LogP contribution in [0.25, 0.3) is 6.08 Å². The Bertz CT molecular complexity index is 613. The highest BCUT2D eigenvalue weighted by Gasteiger charge is 2.45. The van der Waals surface area contributed by atoms with Gasteiger partial charge in [-0.2, -0.15) is 0 Å². The first kappa shape index (κ1) is 18.2. The van der Waals surface area contributed by atoms with Crippen LogP contribution in [0.2, 0.25) is 0 Å². The number of rotatable bonds is 4. The summed E-state index contributed by atoms with van der Waals surface area (Å²) >= 11 is 0. The molecule has 1 fully saturated rings. The van der Waals surface area contributed by atoms with Gasteiger partial charge < -0.3 is 40.1 Å². The lowest BCUT2D eigenvalue weighted by molar-refractivity contribution is -0.291. The smallest absolute Gasteiger partial charge is 0.333 e. The van der Waals surface area contributed by atoms with E-state index in [2.05, 4.69) is 0 Å². The summed E-state index contributed by atoms with van der Waals surface area (Å²) in [5, 5.41) is 56.5. The first-order valence-corrected chi connectivity index (χ1v) is 7.04. The van der Waals surface area contributed by atoms with Crippen LogP contribution in [0.5, 0.6) is 11.5 Å². The number of carbonyl (C=O) groups is 1. The third-order valence-electron chi connectivity index (χ3n) is 3.49. The summed E-state index contributed by atoms with van der Waals surface area (Å²) in [6.45, 7) is -0.637. The monoisotopic (exact) mass is 342 g/mol. The molecule has 1 aliphatic heterocycles. The maximum Gasteiger partial charge on any atom is 0.333 e. The summed E-state index contributed by atoms with van der Waals surface area (Å²) in [4.78, 5) is 11.7. The van der Waals surface area contributed by atoms with E-state index in [1.807, 2.05) is 0 Å². The Balaban J connectivity index is 2.00. The predicted molar refractivity (Wildman–Crippen MR) is 78.7 cm³/mol. The molecule has 5 atom stereocenters. The third-order valence-corrected chi connectivity index (χ3v) is 3.49.